The standard InChI is InChI=1S/C24H21F2N3O5/c1-4-34-16-11-10-15(19(25)20(16)26)29-21(24(31)33-3)18(23(30)32-2)17(14(12-27)22(29)28)13-8-6-5-7-9-13/h5-11,17H,4,28H2,1-3H3. The topological polar surface area (TPSA) is 115 Å². The van der Waals surface area contributed by atoms with Crippen LogP contribution in [0.5, 0.6) is 5.75 Å². The van der Waals surface area contributed by atoms with Gasteiger partial charge in [-0.05, 0) is 24.6 Å². The zero-order valence-corrected chi connectivity index (χ0v) is 18.6. The van der Waals surface area contributed by atoms with Crippen molar-refractivity contribution < 1.29 is 32.6 Å². The van der Waals surface area contributed by atoms with Crippen LogP contribution in [-0.2, 0) is 19.1 Å². The van der Waals surface area contributed by atoms with E-state index in [4.69, 9.17) is 19.9 Å². The average molecular weight is 469 g/mol. The van der Waals surface area contributed by atoms with Crippen LogP contribution in [-0.4, -0.2) is 32.8 Å². The molecule has 0 radical (unpaired) electrons. The number of nitrogens with two attached hydrogens (primary N) is 1. The highest BCUT2D eigenvalue weighted by atomic mass is 19.2. The number of nitriles is 1. The fraction of sp³-hybridized carbons (Fsp3) is 0.208. The third kappa shape index (κ3) is 4.03. The summed E-state index contributed by atoms with van der Waals surface area (Å²) in [5.74, 6) is -6.66. The predicted octanol–water partition coefficient (Wildman–Crippen LogP) is 3.26. The van der Waals surface area contributed by atoms with Gasteiger partial charge in [0.05, 0.1) is 49.6 Å². The molecule has 0 aliphatic carbocycles. The van der Waals surface area contributed by atoms with Gasteiger partial charge in [-0.3, -0.25) is 4.90 Å². The maximum atomic E-state index is 15.2. The maximum absolute atomic E-state index is 15.2. The highest BCUT2D eigenvalue weighted by Gasteiger charge is 2.44. The second-order valence-corrected chi connectivity index (χ2v) is 6.98. The maximum Gasteiger partial charge on any atom is 0.355 e. The Morgan fingerprint density at radius 1 is 1.06 bits per heavy atom. The SMILES string of the molecule is CCOc1ccc(N2C(N)=C(C#N)C(c3ccccc3)C(C(=O)OC)=C2C(=O)OC)c(F)c1F. The van der Waals surface area contributed by atoms with Gasteiger partial charge >= 0.3 is 11.9 Å². The minimum atomic E-state index is -1.41. The average Bonchev–Trinajstić information content (AvgIpc) is 2.86. The van der Waals surface area contributed by atoms with Crippen LogP contribution in [0.2, 0.25) is 0 Å². The number of esters is 2. The van der Waals surface area contributed by atoms with Crippen LogP contribution < -0.4 is 15.4 Å². The van der Waals surface area contributed by atoms with Crippen molar-refractivity contribution in [3.8, 4) is 11.8 Å². The number of methoxy groups -OCH3 is 2. The Balaban J connectivity index is 2.41. The minimum absolute atomic E-state index is 0.0819. The third-order valence-corrected chi connectivity index (χ3v) is 5.18. The zero-order valence-electron chi connectivity index (χ0n) is 18.6. The second-order valence-electron chi connectivity index (χ2n) is 6.98. The molecule has 1 aliphatic rings. The lowest BCUT2D eigenvalue weighted by atomic mass is 9.81. The highest BCUT2D eigenvalue weighted by molar-refractivity contribution is 6.06. The molecule has 0 amide bonds. The van der Waals surface area contributed by atoms with Gasteiger partial charge in [0.1, 0.15) is 11.5 Å². The summed E-state index contributed by atoms with van der Waals surface area (Å²) < 4.78 is 44.7. The van der Waals surface area contributed by atoms with Gasteiger partial charge in [-0.1, -0.05) is 30.3 Å². The molecule has 0 aromatic heterocycles. The van der Waals surface area contributed by atoms with E-state index in [0.717, 1.165) is 31.3 Å². The van der Waals surface area contributed by atoms with Crippen molar-refractivity contribution in [2.75, 3.05) is 25.7 Å². The number of ether oxygens (including phenoxy) is 3. The molecule has 34 heavy (non-hydrogen) atoms. The van der Waals surface area contributed by atoms with E-state index in [9.17, 15) is 19.2 Å². The van der Waals surface area contributed by atoms with Gasteiger partial charge in [0.15, 0.2) is 11.6 Å². The van der Waals surface area contributed by atoms with Crippen molar-refractivity contribution in [1.82, 2.24) is 0 Å². The van der Waals surface area contributed by atoms with E-state index in [1.54, 1.807) is 37.3 Å². The van der Waals surface area contributed by atoms with Crippen LogP contribution in [0.15, 0.2) is 65.1 Å². The Labute approximate surface area is 194 Å². The number of allylic oxidation sites excluding steroid dienone is 1. The molecule has 0 fully saturated rings. The van der Waals surface area contributed by atoms with Gasteiger partial charge in [-0.15, -0.1) is 0 Å². The molecule has 1 atom stereocenters. The van der Waals surface area contributed by atoms with Crippen molar-refractivity contribution >= 4 is 17.6 Å². The van der Waals surface area contributed by atoms with Gasteiger partial charge in [0.2, 0.25) is 5.82 Å². The van der Waals surface area contributed by atoms with Crippen molar-refractivity contribution in [2.24, 2.45) is 5.73 Å². The van der Waals surface area contributed by atoms with Gasteiger partial charge in [-0.2, -0.15) is 9.65 Å². The van der Waals surface area contributed by atoms with E-state index in [1.807, 2.05) is 6.07 Å². The van der Waals surface area contributed by atoms with Crippen molar-refractivity contribution in [1.29, 1.82) is 5.26 Å². The summed E-state index contributed by atoms with van der Waals surface area (Å²) >= 11 is 0. The number of rotatable bonds is 6. The molecule has 1 aliphatic heterocycles. The number of halogens is 2. The molecule has 3 rings (SSSR count). The Hall–Kier alpha value is -4.39. The molecule has 176 valence electrons. The number of benzene rings is 2. The quantitative estimate of drug-likeness (QED) is 0.641. The lowest BCUT2D eigenvalue weighted by Gasteiger charge is -2.36. The molecule has 2 aromatic rings. The fourth-order valence-electron chi connectivity index (χ4n) is 3.72. The molecule has 2 N–H and O–H groups in total. The molecule has 0 bridgehead atoms. The van der Waals surface area contributed by atoms with Crippen molar-refractivity contribution in [3.63, 3.8) is 0 Å². The number of nitrogens with zero attached hydrogens (tertiary/aromatic N) is 2. The molecule has 2 aromatic carbocycles. The summed E-state index contributed by atoms with van der Waals surface area (Å²) in [5.41, 5.74) is 5.18. The number of hydrogen-bond donors (Lipinski definition) is 1. The molecule has 0 spiro atoms. The van der Waals surface area contributed by atoms with Gasteiger partial charge in [0.25, 0.3) is 0 Å². The Kier molecular flexibility index (Phi) is 7.16. The Bertz CT molecular complexity index is 1240. The molecular formula is C24H21F2N3O5. The summed E-state index contributed by atoms with van der Waals surface area (Å²) in [7, 11) is 2.14. The molecule has 1 unspecified atom stereocenters. The number of carbonyl (C=O) groups excluding carboxylic acids is 2. The lowest BCUT2D eigenvalue weighted by molar-refractivity contribution is -0.139. The summed E-state index contributed by atoms with van der Waals surface area (Å²) in [6.07, 6.45) is 0. The van der Waals surface area contributed by atoms with Gasteiger partial charge in [0, 0.05) is 0 Å². The fourth-order valence-corrected chi connectivity index (χ4v) is 3.72. The second kappa shape index (κ2) is 10.0. The number of carbonyl (C=O) groups is 2. The molecule has 10 heteroatoms. The first-order valence-corrected chi connectivity index (χ1v) is 10.1. The van der Waals surface area contributed by atoms with Crippen LogP contribution in [0.4, 0.5) is 14.5 Å². The van der Waals surface area contributed by atoms with E-state index in [0.29, 0.717) is 5.56 Å². The third-order valence-electron chi connectivity index (χ3n) is 5.18. The Morgan fingerprint density at radius 3 is 2.26 bits per heavy atom. The Morgan fingerprint density at radius 2 is 1.71 bits per heavy atom. The predicted molar refractivity (Wildman–Crippen MR) is 117 cm³/mol. The first-order valence-electron chi connectivity index (χ1n) is 10.1. The smallest absolute Gasteiger partial charge is 0.355 e. The largest absolute Gasteiger partial charge is 0.491 e. The molecule has 8 nitrogen and oxygen atoms in total. The van der Waals surface area contributed by atoms with Crippen LogP contribution in [0.1, 0.15) is 18.4 Å². The summed E-state index contributed by atoms with van der Waals surface area (Å²) in [6, 6.07) is 12.5. The highest BCUT2D eigenvalue weighted by Crippen LogP contribution is 2.44. The first-order chi connectivity index (χ1) is 16.3. The molecule has 1 heterocycles. The number of hydrogen-bond acceptors (Lipinski definition) is 8. The first kappa shape index (κ1) is 24.3. The van der Waals surface area contributed by atoms with E-state index in [-0.39, 0.29) is 29.3 Å². The zero-order chi connectivity index (χ0) is 25.0. The van der Waals surface area contributed by atoms with Gasteiger partial charge in [-0.25, -0.2) is 14.0 Å². The van der Waals surface area contributed by atoms with E-state index >= 15 is 4.39 Å². The lowest BCUT2D eigenvalue weighted by Crippen LogP contribution is -2.41. The van der Waals surface area contributed by atoms with Crippen LogP contribution >= 0.6 is 0 Å². The molecular weight excluding hydrogens is 448 g/mol. The summed E-state index contributed by atoms with van der Waals surface area (Å²) in [5, 5.41) is 9.96. The van der Waals surface area contributed by atoms with E-state index in [2.05, 4.69) is 0 Å². The van der Waals surface area contributed by atoms with E-state index < -0.39 is 40.9 Å². The van der Waals surface area contributed by atoms with Crippen molar-refractivity contribution in [3.05, 3.63) is 82.3 Å². The minimum Gasteiger partial charge on any atom is -0.491 e. The van der Waals surface area contributed by atoms with Crippen LogP contribution in [0, 0.1) is 23.0 Å². The monoisotopic (exact) mass is 469 g/mol. The summed E-state index contributed by atoms with van der Waals surface area (Å²) in [6.45, 7) is 1.68. The van der Waals surface area contributed by atoms with Gasteiger partial charge < -0.3 is 19.9 Å². The summed E-state index contributed by atoms with van der Waals surface area (Å²) in [4.78, 5) is 26.7. The van der Waals surface area contributed by atoms with Crippen LogP contribution in [0.25, 0.3) is 0 Å². The normalized spacial score (nSPS) is 15.6. The van der Waals surface area contributed by atoms with Crippen molar-refractivity contribution in [2.45, 2.75) is 12.8 Å². The molecule has 0 saturated carbocycles. The van der Waals surface area contributed by atoms with E-state index in [1.165, 1.54) is 0 Å². The van der Waals surface area contributed by atoms with Crippen LogP contribution in [0.3, 0.4) is 0 Å². The number of anilines is 1. The molecule has 0 saturated heterocycles.